The van der Waals surface area contributed by atoms with Crippen molar-refractivity contribution in [3.05, 3.63) is 42.5 Å². The molecule has 2 rings (SSSR count). The highest BCUT2D eigenvalue weighted by Crippen LogP contribution is 2.19. The van der Waals surface area contributed by atoms with Crippen LogP contribution in [0.15, 0.2) is 42.5 Å². The Morgan fingerprint density at radius 2 is 1.75 bits per heavy atom. The maximum Gasteiger partial charge on any atom is 0.233 e. The van der Waals surface area contributed by atoms with Gasteiger partial charge in [-0.3, -0.25) is 4.72 Å². The fraction of sp³-hybridized carbons (Fsp3) is 0.333. The summed E-state index contributed by atoms with van der Waals surface area (Å²) in [6.07, 6.45) is 0.998. The monoisotopic (exact) mass is 292 g/mol. The molecule has 0 bridgehead atoms. The molecule has 0 amide bonds. The highest BCUT2D eigenvalue weighted by molar-refractivity contribution is 7.92. The molecule has 5 heteroatoms. The average molecular weight is 292 g/mol. The first-order chi connectivity index (χ1) is 9.61. The van der Waals surface area contributed by atoms with Gasteiger partial charge in [0.05, 0.1) is 5.75 Å². The number of nitrogens with one attached hydrogen (secondary N) is 2. The lowest BCUT2D eigenvalue weighted by atomic mass is 10.1. The lowest BCUT2D eigenvalue weighted by Crippen LogP contribution is -2.27. The summed E-state index contributed by atoms with van der Waals surface area (Å²) < 4.78 is 26.5. The molecule has 4 nitrogen and oxygen atoms in total. The van der Waals surface area contributed by atoms with Crippen LogP contribution in [0.1, 0.15) is 13.3 Å². The van der Waals surface area contributed by atoms with Crippen molar-refractivity contribution in [1.29, 1.82) is 0 Å². The number of benzene rings is 2. The quantitative estimate of drug-likeness (QED) is 0.771. The molecular weight excluding hydrogens is 272 g/mol. The van der Waals surface area contributed by atoms with E-state index in [2.05, 4.69) is 17.0 Å². The third kappa shape index (κ3) is 4.21. The molecule has 2 aromatic carbocycles. The van der Waals surface area contributed by atoms with E-state index in [4.69, 9.17) is 0 Å². The highest BCUT2D eigenvalue weighted by atomic mass is 32.2. The summed E-state index contributed by atoms with van der Waals surface area (Å²) in [7, 11) is -3.30. The molecule has 2 aromatic rings. The molecule has 0 aliphatic carbocycles. The minimum absolute atomic E-state index is 0.0832. The summed E-state index contributed by atoms with van der Waals surface area (Å²) >= 11 is 0. The first-order valence-corrected chi connectivity index (χ1v) is 8.46. The third-order valence-corrected chi connectivity index (χ3v) is 4.29. The van der Waals surface area contributed by atoms with Gasteiger partial charge in [0.1, 0.15) is 0 Å². The zero-order valence-electron chi connectivity index (χ0n) is 11.6. The van der Waals surface area contributed by atoms with Gasteiger partial charge in [-0.25, -0.2) is 8.42 Å². The Balaban J connectivity index is 2.03. The van der Waals surface area contributed by atoms with Crippen molar-refractivity contribution in [3.63, 3.8) is 0 Å². The van der Waals surface area contributed by atoms with Crippen molar-refractivity contribution in [2.24, 2.45) is 0 Å². The van der Waals surface area contributed by atoms with Crippen LogP contribution in [0.25, 0.3) is 10.8 Å². The average Bonchev–Trinajstić information content (AvgIpc) is 2.43. The number of fused-ring (bicyclic) bond motifs is 1. The van der Waals surface area contributed by atoms with Gasteiger partial charge in [0.15, 0.2) is 0 Å². The van der Waals surface area contributed by atoms with Crippen LogP contribution in [0.3, 0.4) is 0 Å². The van der Waals surface area contributed by atoms with Crippen LogP contribution < -0.4 is 10.0 Å². The van der Waals surface area contributed by atoms with Gasteiger partial charge in [0.2, 0.25) is 10.0 Å². The molecule has 0 aliphatic rings. The van der Waals surface area contributed by atoms with Gasteiger partial charge in [-0.1, -0.05) is 37.3 Å². The van der Waals surface area contributed by atoms with Crippen LogP contribution in [0.4, 0.5) is 5.69 Å². The molecule has 0 aromatic heterocycles. The van der Waals surface area contributed by atoms with E-state index in [9.17, 15) is 8.42 Å². The third-order valence-electron chi connectivity index (χ3n) is 3.00. The predicted octanol–water partition coefficient (Wildman–Crippen LogP) is 2.58. The molecule has 0 aliphatic heterocycles. The van der Waals surface area contributed by atoms with E-state index in [1.807, 2.05) is 36.4 Å². The Hall–Kier alpha value is -1.59. The number of sulfonamides is 1. The second-order valence-corrected chi connectivity index (χ2v) is 6.57. The number of rotatable bonds is 7. The van der Waals surface area contributed by atoms with Gasteiger partial charge in [-0.05, 0) is 35.9 Å². The van der Waals surface area contributed by atoms with E-state index in [0.29, 0.717) is 12.2 Å². The first kappa shape index (κ1) is 14.8. The summed E-state index contributed by atoms with van der Waals surface area (Å²) in [5, 5.41) is 5.21. The zero-order valence-corrected chi connectivity index (χ0v) is 12.4. The van der Waals surface area contributed by atoms with Crippen LogP contribution in [0.2, 0.25) is 0 Å². The number of hydrogen-bond donors (Lipinski definition) is 2. The molecule has 0 unspecified atom stereocenters. The van der Waals surface area contributed by atoms with Crippen LogP contribution in [-0.4, -0.2) is 27.3 Å². The van der Waals surface area contributed by atoms with Crippen LogP contribution in [0, 0.1) is 0 Å². The fourth-order valence-electron chi connectivity index (χ4n) is 1.99. The fourth-order valence-corrected chi connectivity index (χ4v) is 2.99. The van der Waals surface area contributed by atoms with Gasteiger partial charge >= 0.3 is 0 Å². The molecule has 0 radical (unpaired) electrons. The van der Waals surface area contributed by atoms with Crippen LogP contribution in [0.5, 0.6) is 0 Å². The second kappa shape index (κ2) is 6.72. The van der Waals surface area contributed by atoms with Gasteiger partial charge in [-0.15, -0.1) is 0 Å². The van der Waals surface area contributed by atoms with Crippen LogP contribution >= 0.6 is 0 Å². The number of anilines is 1. The topological polar surface area (TPSA) is 58.2 Å². The molecule has 20 heavy (non-hydrogen) atoms. The molecule has 0 spiro atoms. The van der Waals surface area contributed by atoms with E-state index in [1.54, 1.807) is 6.07 Å². The Bertz CT molecular complexity index is 668. The lowest BCUT2D eigenvalue weighted by molar-refractivity contribution is 0.595. The normalized spacial score (nSPS) is 11.7. The minimum atomic E-state index is -3.30. The lowest BCUT2D eigenvalue weighted by Gasteiger charge is -2.09. The summed E-state index contributed by atoms with van der Waals surface area (Å²) in [5.41, 5.74) is 0.610. The van der Waals surface area contributed by atoms with Gasteiger partial charge in [0.25, 0.3) is 0 Å². The first-order valence-electron chi connectivity index (χ1n) is 6.81. The largest absolute Gasteiger partial charge is 0.316 e. The van der Waals surface area contributed by atoms with Crippen molar-refractivity contribution in [2.75, 3.05) is 23.6 Å². The minimum Gasteiger partial charge on any atom is -0.316 e. The predicted molar refractivity (Wildman–Crippen MR) is 84.5 cm³/mol. The van der Waals surface area contributed by atoms with Gasteiger partial charge in [-0.2, -0.15) is 0 Å². The van der Waals surface area contributed by atoms with Crippen molar-refractivity contribution in [3.8, 4) is 0 Å². The molecular formula is C15H20N2O2S. The molecule has 0 heterocycles. The van der Waals surface area contributed by atoms with Crippen molar-refractivity contribution >= 4 is 26.5 Å². The van der Waals surface area contributed by atoms with Crippen LogP contribution in [-0.2, 0) is 10.0 Å². The van der Waals surface area contributed by atoms with Crippen molar-refractivity contribution in [1.82, 2.24) is 5.32 Å². The molecule has 0 fully saturated rings. The van der Waals surface area contributed by atoms with E-state index in [-0.39, 0.29) is 5.75 Å². The van der Waals surface area contributed by atoms with E-state index in [1.165, 1.54) is 0 Å². The zero-order chi connectivity index (χ0) is 14.4. The van der Waals surface area contributed by atoms with E-state index >= 15 is 0 Å². The highest BCUT2D eigenvalue weighted by Gasteiger charge is 2.09. The summed E-state index contributed by atoms with van der Waals surface area (Å²) in [6.45, 7) is 3.36. The summed E-state index contributed by atoms with van der Waals surface area (Å²) in [6, 6.07) is 13.4. The smallest absolute Gasteiger partial charge is 0.233 e. The van der Waals surface area contributed by atoms with E-state index < -0.39 is 10.0 Å². The van der Waals surface area contributed by atoms with Crippen molar-refractivity contribution in [2.45, 2.75) is 13.3 Å². The Kier molecular flexibility index (Phi) is 4.98. The molecule has 0 atom stereocenters. The second-order valence-electron chi connectivity index (χ2n) is 4.73. The summed E-state index contributed by atoms with van der Waals surface area (Å²) in [5.74, 6) is 0.0832. The Morgan fingerprint density at radius 3 is 2.50 bits per heavy atom. The Labute approximate surface area is 120 Å². The molecule has 0 saturated heterocycles. The van der Waals surface area contributed by atoms with E-state index in [0.717, 1.165) is 23.7 Å². The Morgan fingerprint density at radius 1 is 1.00 bits per heavy atom. The molecule has 2 N–H and O–H groups in total. The summed E-state index contributed by atoms with van der Waals surface area (Å²) in [4.78, 5) is 0. The maximum atomic E-state index is 11.9. The van der Waals surface area contributed by atoms with Gasteiger partial charge < -0.3 is 5.32 Å². The SMILES string of the molecule is CCCNCCS(=O)(=O)Nc1ccc2ccccc2c1. The number of hydrogen-bond acceptors (Lipinski definition) is 3. The maximum absolute atomic E-state index is 11.9. The van der Waals surface area contributed by atoms with Crippen molar-refractivity contribution < 1.29 is 8.42 Å². The standard InChI is InChI=1S/C15H20N2O2S/c1-2-9-16-10-11-20(18,19)17-15-8-7-13-5-3-4-6-14(13)12-15/h3-8,12,16-17H,2,9-11H2,1H3. The van der Waals surface area contributed by atoms with Gasteiger partial charge in [0, 0.05) is 12.2 Å². The molecule has 108 valence electrons. The molecule has 0 saturated carbocycles.